The summed E-state index contributed by atoms with van der Waals surface area (Å²) >= 11 is 5.74. The summed E-state index contributed by atoms with van der Waals surface area (Å²) in [5.41, 5.74) is -0.525. The molecule has 0 aliphatic rings. The Bertz CT molecular complexity index is 706. The van der Waals surface area contributed by atoms with Crippen LogP contribution >= 0.6 is 11.6 Å². The van der Waals surface area contributed by atoms with Gasteiger partial charge in [-0.1, -0.05) is 11.6 Å². The lowest BCUT2D eigenvalue weighted by Crippen LogP contribution is -2.25. The highest BCUT2D eigenvalue weighted by atomic mass is 35.5. The molecular formula is C11H6ClNO5. The van der Waals surface area contributed by atoms with Crippen LogP contribution in [-0.4, -0.2) is 17.0 Å². The van der Waals surface area contributed by atoms with Crippen LogP contribution in [0.1, 0.15) is 0 Å². The molecular weight excluding hydrogens is 262 g/mol. The third-order valence-electron chi connectivity index (χ3n) is 2.18. The Morgan fingerprint density at radius 2 is 2.06 bits per heavy atom. The summed E-state index contributed by atoms with van der Waals surface area (Å²) in [6.45, 7) is 0. The number of amides is 1. The zero-order valence-electron chi connectivity index (χ0n) is 8.77. The van der Waals surface area contributed by atoms with Crippen LogP contribution in [0.25, 0.3) is 11.0 Å². The second kappa shape index (κ2) is 4.50. The summed E-state index contributed by atoms with van der Waals surface area (Å²) in [5, 5.41) is 10.8. The van der Waals surface area contributed by atoms with Crippen molar-refractivity contribution in [3.8, 4) is 0 Å². The summed E-state index contributed by atoms with van der Waals surface area (Å²) in [6.07, 6.45) is 0.986. The predicted octanol–water partition coefficient (Wildman–Crippen LogP) is 1.47. The number of hydrogen-bond donors (Lipinski definition) is 2. The lowest BCUT2D eigenvalue weighted by molar-refractivity contribution is -0.147. The van der Waals surface area contributed by atoms with Crippen molar-refractivity contribution in [3.63, 3.8) is 0 Å². The molecule has 0 radical (unpaired) electrons. The number of carbonyl (C=O) groups is 2. The number of carboxylic acid groups (broad SMARTS) is 1. The summed E-state index contributed by atoms with van der Waals surface area (Å²) in [5.74, 6) is -3.01. The summed E-state index contributed by atoms with van der Waals surface area (Å²) in [6, 6.07) is 4.42. The number of benzene rings is 1. The number of anilines is 1. The molecule has 0 aliphatic carbocycles. The molecule has 1 aromatic heterocycles. The van der Waals surface area contributed by atoms with Crippen molar-refractivity contribution in [3.05, 3.63) is 39.7 Å². The smallest absolute Gasteiger partial charge is 0.394 e. The lowest BCUT2D eigenvalue weighted by Gasteiger charge is -2.02. The monoisotopic (exact) mass is 267 g/mol. The fourth-order valence-electron chi connectivity index (χ4n) is 1.37. The van der Waals surface area contributed by atoms with Gasteiger partial charge in [0.2, 0.25) is 5.43 Å². The zero-order chi connectivity index (χ0) is 13.3. The fourth-order valence-corrected chi connectivity index (χ4v) is 1.54. The Morgan fingerprint density at radius 1 is 1.33 bits per heavy atom. The number of carbonyl (C=O) groups excluding carboxylic acids is 1. The average molecular weight is 268 g/mol. The Kier molecular flexibility index (Phi) is 3.03. The van der Waals surface area contributed by atoms with E-state index in [1.54, 1.807) is 6.07 Å². The molecule has 0 atom stereocenters. The minimum absolute atomic E-state index is 0.158. The van der Waals surface area contributed by atoms with Crippen LogP contribution in [0, 0.1) is 0 Å². The highest BCUT2D eigenvalue weighted by Gasteiger charge is 2.15. The molecule has 0 saturated heterocycles. The van der Waals surface area contributed by atoms with Crippen LogP contribution < -0.4 is 10.7 Å². The first-order valence-corrected chi connectivity index (χ1v) is 5.12. The van der Waals surface area contributed by atoms with E-state index in [4.69, 9.17) is 21.1 Å². The van der Waals surface area contributed by atoms with Gasteiger partial charge in [0.1, 0.15) is 17.5 Å². The molecule has 2 aromatic rings. The van der Waals surface area contributed by atoms with Gasteiger partial charge in [-0.3, -0.25) is 9.59 Å². The first kappa shape index (κ1) is 12.1. The van der Waals surface area contributed by atoms with Gasteiger partial charge in [-0.15, -0.1) is 0 Å². The number of hydrogen-bond acceptors (Lipinski definition) is 4. The van der Waals surface area contributed by atoms with E-state index in [-0.39, 0.29) is 16.7 Å². The quantitative estimate of drug-likeness (QED) is 0.763. The largest absolute Gasteiger partial charge is 0.474 e. The molecule has 6 nitrogen and oxygen atoms in total. The summed E-state index contributed by atoms with van der Waals surface area (Å²) in [7, 11) is 0. The highest BCUT2D eigenvalue weighted by molar-refractivity contribution is 6.36. The second-order valence-corrected chi connectivity index (χ2v) is 3.81. The highest BCUT2D eigenvalue weighted by Crippen LogP contribution is 2.18. The minimum Gasteiger partial charge on any atom is -0.474 e. The normalized spacial score (nSPS) is 10.3. The van der Waals surface area contributed by atoms with Gasteiger partial charge < -0.3 is 14.8 Å². The Morgan fingerprint density at radius 3 is 2.72 bits per heavy atom. The van der Waals surface area contributed by atoms with Gasteiger partial charge >= 0.3 is 11.9 Å². The number of rotatable bonds is 1. The zero-order valence-corrected chi connectivity index (χ0v) is 9.52. The second-order valence-electron chi connectivity index (χ2n) is 3.38. The van der Waals surface area contributed by atoms with Gasteiger partial charge in [-0.05, 0) is 18.2 Å². The van der Waals surface area contributed by atoms with Crippen LogP contribution in [0.4, 0.5) is 5.69 Å². The molecule has 2 N–H and O–H groups in total. The van der Waals surface area contributed by atoms with E-state index in [9.17, 15) is 14.4 Å². The maximum atomic E-state index is 11.9. The summed E-state index contributed by atoms with van der Waals surface area (Å²) < 4.78 is 5.09. The molecule has 0 aliphatic heterocycles. The maximum Gasteiger partial charge on any atom is 0.394 e. The van der Waals surface area contributed by atoms with Crippen molar-refractivity contribution in [1.82, 2.24) is 0 Å². The molecule has 0 spiro atoms. The lowest BCUT2D eigenvalue weighted by atomic mass is 10.2. The molecule has 92 valence electrons. The fraction of sp³-hybridized carbons (Fsp3) is 0. The molecule has 0 unspecified atom stereocenters. The number of halogens is 1. The number of aliphatic carboxylic acids is 1. The van der Waals surface area contributed by atoms with E-state index in [1.165, 1.54) is 12.1 Å². The van der Waals surface area contributed by atoms with E-state index in [1.807, 2.05) is 5.32 Å². The van der Waals surface area contributed by atoms with Gasteiger partial charge in [0.15, 0.2) is 0 Å². The minimum atomic E-state index is -1.69. The third kappa shape index (κ3) is 2.18. The van der Waals surface area contributed by atoms with Gasteiger partial charge in [0.05, 0.1) is 5.39 Å². The predicted molar refractivity (Wildman–Crippen MR) is 63.8 cm³/mol. The van der Waals surface area contributed by atoms with Gasteiger partial charge in [0, 0.05) is 5.02 Å². The Hall–Kier alpha value is -2.34. The Labute approximate surface area is 105 Å². The van der Waals surface area contributed by atoms with Crippen LogP contribution in [0.3, 0.4) is 0 Å². The number of carboxylic acids is 1. The molecule has 0 saturated carbocycles. The third-order valence-corrected chi connectivity index (χ3v) is 2.41. The molecule has 1 heterocycles. The molecule has 18 heavy (non-hydrogen) atoms. The topological polar surface area (TPSA) is 96.6 Å². The van der Waals surface area contributed by atoms with Crippen molar-refractivity contribution in [2.75, 3.05) is 5.32 Å². The number of nitrogens with one attached hydrogen (secondary N) is 1. The van der Waals surface area contributed by atoms with Gasteiger partial charge in [0.25, 0.3) is 0 Å². The van der Waals surface area contributed by atoms with Gasteiger partial charge in [-0.2, -0.15) is 0 Å². The van der Waals surface area contributed by atoms with Crippen LogP contribution in [0.2, 0.25) is 5.02 Å². The summed E-state index contributed by atoms with van der Waals surface area (Å²) in [4.78, 5) is 33.2. The van der Waals surface area contributed by atoms with Crippen LogP contribution in [0.5, 0.6) is 0 Å². The molecule has 1 aromatic carbocycles. The van der Waals surface area contributed by atoms with Crippen molar-refractivity contribution in [1.29, 1.82) is 0 Å². The maximum absolute atomic E-state index is 11.9. The first-order chi connectivity index (χ1) is 8.49. The van der Waals surface area contributed by atoms with E-state index in [2.05, 4.69) is 0 Å². The molecule has 0 bridgehead atoms. The number of fused-ring (bicyclic) bond motifs is 1. The SMILES string of the molecule is O=C(O)C(=O)Nc1coc2ccc(Cl)cc2c1=O. The van der Waals surface area contributed by atoms with Crippen molar-refractivity contribution in [2.24, 2.45) is 0 Å². The average Bonchev–Trinajstić information content (AvgIpc) is 2.33. The van der Waals surface area contributed by atoms with E-state index in [0.29, 0.717) is 5.02 Å². The first-order valence-electron chi connectivity index (χ1n) is 4.74. The van der Waals surface area contributed by atoms with Crippen molar-refractivity contribution >= 4 is 40.1 Å². The molecule has 1 amide bonds. The molecule has 2 rings (SSSR count). The van der Waals surface area contributed by atoms with Crippen LogP contribution in [-0.2, 0) is 9.59 Å². The molecule has 7 heteroatoms. The standard InChI is InChI=1S/C11H6ClNO5/c12-5-1-2-8-6(3-5)9(14)7(4-18-8)13-10(15)11(16)17/h1-4H,(H,13,15)(H,16,17). The van der Waals surface area contributed by atoms with E-state index >= 15 is 0 Å². The van der Waals surface area contributed by atoms with E-state index in [0.717, 1.165) is 6.26 Å². The molecule has 0 fully saturated rings. The van der Waals surface area contributed by atoms with Crippen LogP contribution in [0.15, 0.2) is 33.7 Å². The Balaban J connectivity index is 2.54. The van der Waals surface area contributed by atoms with Crippen molar-refractivity contribution in [2.45, 2.75) is 0 Å². The van der Waals surface area contributed by atoms with E-state index < -0.39 is 17.3 Å². The van der Waals surface area contributed by atoms with Crippen molar-refractivity contribution < 1.29 is 19.1 Å². The van der Waals surface area contributed by atoms with Gasteiger partial charge in [-0.25, -0.2) is 4.79 Å².